The quantitative estimate of drug-likeness (QED) is 0.299. The molecule has 2 aromatic carbocycles. The van der Waals surface area contributed by atoms with Crippen LogP contribution in [0, 0.1) is 17.8 Å². The molecule has 1 N–H and O–H groups in total. The van der Waals surface area contributed by atoms with E-state index >= 15 is 0 Å². The molecule has 3 amide bonds. The van der Waals surface area contributed by atoms with E-state index in [0.29, 0.717) is 42.3 Å². The van der Waals surface area contributed by atoms with Gasteiger partial charge < -0.3 is 34.0 Å². The van der Waals surface area contributed by atoms with E-state index in [1.165, 1.54) is 4.90 Å². The summed E-state index contributed by atoms with van der Waals surface area (Å²) in [7, 11) is 1.57. The molecule has 1 spiro atoms. The van der Waals surface area contributed by atoms with Crippen molar-refractivity contribution in [2.75, 3.05) is 43.2 Å². The summed E-state index contributed by atoms with van der Waals surface area (Å²) in [6, 6.07) is 12.6. The molecule has 0 saturated carbocycles. The van der Waals surface area contributed by atoms with E-state index in [2.05, 4.69) is 13.2 Å². The number of amides is 3. The van der Waals surface area contributed by atoms with Crippen molar-refractivity contribution in [1.82, 2.24) is 4.90 Å². The highest BCUT2D eigenvalue weighted by Crippen LogP contribution is 2.66. The molecule has 47 heavy (non-hydrogen) atoms. The monoisotopic (exact) mass is 645 g/mol. The van der Waals surface area contributed by atoms with Gasteiger partial charge in [-0.2, -0.15) is 0 Å². The molecule has 252 valence electrons. The number of carbonyl (C=O) groups excluding carboxylic acids is 3. The topological polar surface area (TPSA) is 109 Å². The number of anilines is 2. The molecule has 7 atom stereocenters. The third-order valence-corrected chi connectivity index (χ3v) is 10.3. The minimum absolute atomic E-state index is 0.148. The van der Waals surface area contributed by atoms with E-state index in [1.54, 1.807) is 53.3 Å². The van der Waals surface area contributed by atoms with Crippen LogP contribution in [0.5, 0.6) is 11.5 Å². The van der Waals surface area contributed by atoms with Crippen LogP contribution < -0.4 is 19.3 Å². The van der Waals surface area contributed by atoms with Gasteiger partial charge in [-0.05, 0) is 81.1 Å². The largest absolute Gasteiger partial charge is 0.497 e. The fourth-order valence-electron chi connectivity index (χ4n) is 8.01. The lowest BCUT2D eigenvalue weighted by molar-refractivity contribution is -0.149. The fourth-order valence-corrected chi connectivity index (χ4v) is 8.01. The highest BCUT2D eigenvalue weighted by Gasteiger charge is 2.80. The van der Waals surface area contributed by atoms with Gasteiger partial charge in [0.1, 0.15) is 23.1 Å². The number of aliphatic hydroxyl groups is 1. The average molecular weight is 646 g/mol. The van der Waals surface area contributed by atoms with Gasteiger partial charge in [0.25, 0.3) is 5.91 Å². The molecule has 3 saturated heterocycles. The van der Waals surface area contributed by atoms with Gasteiger partial charge in [-0.1, -0.05) is 26.0 Å². The summed E-state index contributed by atoms with van der Waals surface area (Å²) in [6.07, 6.45) is 4.11. The predicted molar refractivity (Wildman–Crippen MR) is 180 cm³/mol. The zero-order valence-electron chi connectivity index (χ0n) is 28.1. The second kappa shape index (κ2) is 13.5. The van der Waals surface area contributed by atoms with Crippen molar-refractivity contribution >= 4 is 29.1 Å². The summed E-state index contributed by atoms with van der Waals surface area (Å²) in [6.45, 7) is 16.0. The Morgan fingerprint density at radius 3 is 2.06 bits per heavy atom. The molecule has 3 aliphatic rings. The van der Waals surface area contributed by atoms with Crippen LogP contribution >= 0.6 is 0 Å². The Labute approximate surface area is 277 Å². The highest BCUT2D eigenvalue weighted by atomic mass is 16.5. The lowest BCUT2D eigenvalue weighted by atomic mass is 9.62. The molecule has 3 aliphatic heterocycles. The number of methoxy groups -OCH3 is 1. The van der Waals surface area contributed by atoms with Crippen LogP contribution in [0.3, 0.4) is 0 Å². The number of ether oxygens (including phenoxy) is 3. The number of nitrogens with zero attached hydrogens (tertiary/aromatic N) is 3. The molecule has 5 rings (SSSR count). The number of aliphatic hydroxyl groups excluding tert-OH is 1. The lowest BCUT2D eigenvalue weighted by Gasteiger charge is -2.39. The van der Waals surface area contributed by atoms with Crippen molar-refractivity contribution < 1.29 is 33.7 Å². The number of rotatable bonds is 14. The number of likely N-dealkylation sites (tertiary alicyclic amines) is 1. The van der Waals surface area contributed by atoms with Crippen LogP contribution in [-0.4, -0.2) is 84.4 Å². The Hall–Kier alpha value is -4.15. The van der Waals surface area contributed by atoms with E-state index in [9.17, 15) is 19.5 Å². The predicted octanol–water partition coefficient (Wildman–Crippen LogP) is 4.61. The van der Waals surface area contributed by atoms with Crippen LogP contribution in [0.25, 0.3) is 0 Å². The van der Waals surface area contributed by atoms with Gasteiger partial charge in [-0.3, -0.25) is 14.4 Å². The third-order valence-electron chi connectivity index (χ3n) is 10.3. The van der Waals surface area contributed by atoms with Crippen LogP contribution in [0.15, 0.2) is 73.8 Å². The third kappa shape index (κ3) is 5.51. The molecule has 0 aromatic heterocycles. The summed E-state index contributed by atoms with van der Waals surface area (Å²) in [5.41, 5.74) is -1.06. The van der Waals surface area contributed by atoms with Crippen molar-refractivity contribution in [3.05, 3.63) is 73.8 Å². The number of hydrogen-bond acceptors (Lipinski definition) is 7. The molecule has 2 aromatic rings. The summed E-state index contributed by atoms with van der Waals surface area (Å²) >= 11 is 0. The summed E-state index contributed by atoms with van der Waals surface area (Å²) in [5.74, 6) is -1.61. The van der Waals surface area contributed by atoms with Gasteiger partial charge >= 0.3 is 0 Å². The number of carbonyl (C=O) groups is 3. The van der Waals surface area contributed by atoms with Gasteiger partial charge in [0.15, 0.2) is 0 Å². The Balaban J connectivity index is 1.62. The maximum absolute atomic E-state index is 14.9. The van der Waals surface area contributed by atoms with Gasteiger partial charge in [0.2, 0.25) is 11.8 Å². The lowest BCUT2D eigenvalue weighted by Crippen LogP contribution is -2.59. The average Bonchev–Trinajstić information content (AvgIpc) is 3.59. The van der Waals surface area contributed by atoms with Gasteiger partial charge in [-0.25, -0.2) is 0 Å². The smallest absolute Gasteiger partial charge is 0.253 e. The van der Waals surface area contributed by atoms with Crippen molar-refractivity contribution in [3.63, 3.8) is 0 Å². The van der Waals surface area contributed by atoms with Crippen molar-refractivity contribution in [1.29, 1.82) is 0 Å². The first-order valence-electron chi connectivity index (χ1n) is 16.4. The normalized spacial score (nSPS) is 28.0. The summed E-state index contributed by atoms with van der Waals surface area (Å²) in [5, 5.41) is 10.5. The molecule has 3 heterocycles. The van der Waals surface area contributed by atoms with E-state index in [1.807, 2.05) is 52.0 Å². The minimum Gasteiger partial charge on any atom is -0.497 e. The van der Waals surface area contributed by atoms with E-state index in [0.717, 1.165) is 0 Å². The van der Waals surface area contributed by atoms with Gasteiger partial charge in [0, 0.05) is 24.5 Å². The minimum atomic E-state index is -1.28. The van der Waals surface area contributed by atoms with Crippen molar-refractivity contribution in [2.45, 2.75) is 63.8 Å². The van der Waals surface area contributed by atoms with E-state index in [-0.39, 0.29) is 43.3 Å². The first kappa shape index (κ1) is 34.2. The van der Waals surface area contributed by atoms with Crippen LogP contribution in [-0.2, 0) is 19.1 Å². The Kier molecular flexibility index (Phi) is 9.84. The Morgan fingerprint density at radius 2 is 1.57 bits per heavy atom. The summed E-state index contributed by atoms with van der Waals surface area (Å²) < 4.78 is 17.9. The molecule has 3 fully saturated rings. The Morgan fingerprint density at radius 1 is 1.02 bits per heavy atom. The zero-order chi connectivity index (χ0) is 34.1. The standard InChI is InChI=1S/C37H47N3O7/c1-8-20-38(26-14-18-29(19-15-26)46-11-4)33(42)30-31-34(43)40(25(10-3)23-41)32(37(31)22-24(5)36(30,6)47-37)35(44)39(21-9-2)27-12-16-28(45-7)17-13-27/h8-9,12-19,24-25,30-32,41H,1-2,10-11,20-23H2,3-7H3/t24?,25-,30+,31-,32?,36-,37?/m0/s1. The van der Waals surface area contributed by atoms with Gasteiger partial charge in [-0.15, -0.1) is 13.2 Å². The van der Waals surface area contributed by atoms with Crippen LogP contribution in [0.4, 0.5) is 11.4 Å². The van der Waals surface area contributed by atoms with Crippen molar-refractivity contribution in [2.24, 2.45) is 17.8 Å². The molecule has 10 nitrogen and oxygen atoms in total. The number of benzene rings is 2. The molecule has 0 radical (unpaired) electrons. The van der Waals surface area contributed by atoms with Crippen LogP contribution in [0.1, 0.15) is 40.5 Å². The van der Waals surface area contributed by atoms with Crippen molar-refractivity contribution in [3.8, 4) is 11.5 Å². The molecule has 0 aliphatic carbocycles. The molecular weight excluding hydrogens is 598 g/mol. The molecule has 3 unspecified atom stereocenters. The first-order chi connectivity index (χ1) is 22.6. The maximum Gasteiger partial charge on any atom is 0.253 e. The molecular formula is C37H47N3O7. The molecule has 10 heteroatoms. The second-order valence-corrected chi connectivity index (χ2v) is 12.8. The fraction of sp³-hybridized carbons (Fsp3) is 0.486. The van der Waals surface area contributed by atoms with Crippen LogP contribution in [0.2, 0.25) is 0 Å². The van der Waals surface area contributed by atoms with E-state index < -0.39 is 35.1 Å². The second-order valence-electron chi connectivity index (χ2n) is 12.8. The first-order valence-corrected chi connectivity index (χ1v) is 16.4. The Bertz CT molecular complexity index is 1490. The number of fused-ring (bicyclic) bond motifs is 1. The zero-order valence-corrected chi connectivity index (χ0v) is 28.1. The summed E-state index contributed by atoms with van der Waals surface area (Å²) in [4.78, 5) is 49.2. The van der Waals surface area contributed by atoms with E-state index in [4.69, 9.17) is 14.2 Å². The number of hydrogen-bond donors (Lipinski definition) is 1. The highest BCUT2D eigenvalue weighted by molar-refractivity contribution is 6.07. The van der Waals surface area contributed by atoms with Gasteiger partial charge in [0.05, 0.1) is 43.8 Å². The maximum atomic E-state index is 14.9. The SMILES string of the molecule is C=CCN(C(=O)C1N([C@@H](CC)CO)C(=O)[C@@H]2[C@H](C(=O)N(CC=C)c3ccc(OCC)cc3)[C@@]3(C)OC12CC3C)c1ccc(OC)cc1. The molecule has 2 bridgehead atoms.